The zero-order valence-corrected chi connectivity index (χ0v) is 8.45. The molecule has 0 aliphatic heterocycles. The SMILES string of the molecule is Cc1c(N)cccc1C(C)CC(=O)O. The second-order valence-electron chi connectivity index (χ2n) is 3.56. The molecule has 0 aliphatic carbocycles. The van der Waals surface area contributed by atoms with E-state index in [0.717, 1.165) is 16.8 Å². The van der Waals surface area contributed by atoms with Crippen LogP contribution in [0.4, 0.5) is 5.69 Å². The number of carboxylic acid groups (broad SMARTS) is 1. The molecule has 3 heteroatoms. The van der Waals surface area contributed by atoms with Crippen LogP contribution in [0.25, 0.3) is 0 Å². The Morgan fingerprint density at radius 3 is 2.79 bits per heavy atom. The van der Waals surface area contributed by atoms with E-state index in [0.29, 0.717) is 0 Å². The lowest BCUT2D eigenvalue weighted by molar-refractivity contribution is -0.137. The molecule has 0 radical (unpaired) electrons. The van der Waals surface area contributed by atoms with Crippen LogP contribution in [-0.4, -0.2) is 11.1 Å². The Morgan fingerprint density at radius 1 is 1.57 bits per heavy atom. The van der Waals surface area contributed by atoms with Gasteiger partial charge in [-0.05, 0) is 30.0 Å². The lowest BCUT2D eigenvalue weighted by Crippen LogP contribution is -2.05. The zero-order chi connectivity index (χ0) is 10.7. The van der Waals surface area contributed by atoms with Gasteiger partial charge in [0, 0.05) is 5.69 Å². The van der Waals surface area contributed by atoms with Gasteiger partial charge in [-0.25, -0.2) is 0 Å². The molecule has 1 aromatic rings. The molecule has 14 heavy (non-hydrogen) atoms. The highest BCUT2D eigenvalue weighted by molar-refractivity contribution is 5.68. The van der Waals surface area contributed by atoms with Crippen LogP contribution < -0.4 is 5.73 Å². The van der Waals surface area contributed by atoms with E-state index in [1.807, 2.05) is 32.0 Å². The normalized spacial score (nSPS) is 12.4. The first kappa shape index (κ1) is 10.6. The summed E-state index contributed by atoms with van der Waals surface area (Å²) in [4.78, 5) is 10.5. The van der Waals surface area contributed by atoms with E-state index >= 15 is 0 Å². The van der Waals surface area contributed by atoms with Crippen molar-refractivity contribution in [3.8, 4) is 0 Å². The van der Waals surface area contributed by atoms with Crippen LogP contribution in [0.3, 0.4) is 0 Å². The van der Waals surface area contributed by atoms with E-state index < -0.39 is 5.97 Å². The Labute approximate surface area is 83.6 Å². The van der Waals surface area contributed by atoms with E-state index in [1.165, 1.54) is 0 Å². The highest BCUT2D eigenvalue weighted by Gasteiger charge is 2.12. The van der Waals surface area contributed by atoms with Crippen molar-refractivity contribution in [1.82, 2.24) is 0 Å². The standard InChI is InChI=1S/C11H15NO2/c1-7(6-11(13)14)9-4-3-5-10(12)8(9)2/h3-5,7H,6,12H2,1-2H3,(H,13,14). The smallest absolute Gasteiger partial charge is 0.303 e. The summed E-state index contributed by atoms with van der Waals surface area (Å²) in [5.74, 6) is -0.768. The molecule has 0 saturated carbocycles. The summed E-state index contributed by atoms with van der Waals surface area (Å²) in [6.45, 7) is 3.82. The van der Waals surface area contributed by atoms with Crippen molar-refractivity contribution in [2.45, 2.75) is 26.2 Å². The van der Waals surface area contributed by atoms with Crippen LogP contribution in [0.1, 0.15) is 30.4 Å². The van der Waals surface area contributed by atoms with Gasteiger partial charge in [0.05, 0.1) is 6.42 Å². The molecule has 0 saturated heterocycles. The van der Waals surface area contributed by atoms with E-state index in [4.69, 9.17) is 10.8 Å². The maximum atomic E-state index is 10.5. The molecule has 0 heterocycles. The van der Waals surface area contributed by atoms with Gasteiger partial charge in [-0.1, -0.05) is 19.1 Å². The van der Waals surface area contributed by atoms with Gasteiger partial charge in [0.1, 0.15) is 0 Å². The molecule has 3 nitrogen and oxygen atoms in total. The molecule has 1 aromatic carbocycles. The molecule has 0 bridgehead atoms. The number of nitrogen functional groups attached to an aromatic ring is 1. The van der Waals surface area contributed by atoms with Gasteiger partial charge >= 0.3 is 5.97 Å². The van der Waals surface area contributed by atoms with Gasteiger partial charge in [0.25, 0.3) is 0 Å². The van der Waals surface area contributed by atoms with Crippen molar-refractivity contribution in [3.63, 3.8) is 0 Å². The summed E-state index contributed by atoms with van der Waals surface area (Å²) in [7, 11) is 0. The quantitative estimate of drug-likeness (QED) is 0.723. The van der Waals surface area contributed by atoms with Crippen molar-refractivity contribution in [2.24, 2.45) is 0 Å². The number of benzene rings is 1. The summed E-state index contributed by atoms with van der Waals surface area (Å²) in [6, 6.07) is 5.61. The van der Waals surface area contributed by atoms with Crippen LogP contribution in [0.2, 0.25) is 0 Å². The average Bonchev–Trinajstić information content (AvgIpc) is 2.08. The Kier molecular flexibility index (Phi) is 3.12. The fourth-order valence-corrected chi connectivity index (χ4v) is 1.58. The van der Waals surface area contributed by atoms with Crippen molar-refractivity contribution in [2.75, 3.05) is 5.73 Å². The largest absolute Gasteiger partial charge is 0.481 e. The second-order valence-corrected chi connectivity index (χ2v) is 3.56. The zero-order valence-electron chi connectivity index (χ0n) is 8.45. The Balaban J connectivity index is 2.95. The minimum absolute atomic E-state index is 0.0102. The maximum Gasteiger partial charge on any atom is 0.303 e. The van der Waals surface area contributed by atoms with Crippen LogP contribution in [-0.2, 0) is 4.79 Å². The van der Waals surface area contributed by atoms with Crippen molar-refractivity contribution in [3.05, 3.63) is 29.3 Å². The summed E-state index contributed by atoms with van der Waals surface area (Å²) in [5.41, 5.74) is 8.47. The molecule has 76 valence electrons. The third kappa shape index (κ3) is 2.25. The Bertz CT molecular complexity index is 347. The first-order valence-electron chi connectivity index (χ1n) is 4.59. The van der Waals surface area contributed by atoms with E-state index in [1.54, 1.807) is 0 Å². The molecule has 1 atom stereocenters. The molecule has 0 aliphatic rings. The molecule has 0 amide bonds. The van der Waals surface area contributed by atoms with Crippen LogP contribution in [0.5, 0.6) is 0 Å². The van der Waals surface area contributed by atoms with E-state index in [-0.39, 0.29) is 12.3 Å². The predicted octanol–water partition coefficient (Wildman–Crippen LogP) is 2.16. The van der Waals surface area contributed by atoms with Crippen molar-refractivity contribution < 1.29 is 9.90 Å². The molecule has 0 aromatic heterocycles. The lowest BCUT2D eigenvalue weighted by atomic mass is 9.93. The summed E-state index contributed by atoms with van der Waals surface area (Å²) >= 11 is 0. The van der Waals surface area contributed by atoms with Gasteiger partial charge in [-0.3, -0.25) is 4.79 Å². The first-order valence-corrected chi connectivity index (χ1v) is 4.59. The fraction of sp³-hybridized carbons (Fsp3) is 0.364. The lowest BCUT2D eigenvalue weighted by Gasteiger charge is -2.13. The minimum atomic E-state index is -0.778. The van der Waals surface area contributed by atoms with E-state index in [9.17, 15) is 4.79 Å². The molecule has 3 N–H and O–H groups in total. The maximum absolute atomic E-state index is 10.5. The van der Waals surface area contributed by atoms with Gasteiger partial charge in [-0.2, -0.15) is 0 Å². The summed E-state index contributed by atoms with van der Waals surface area (Å²) in [5, 5.41) is 8.67. The third-order valence-corrected chi connectivity index (χ3v) is 2.43. The second kappa shape index (κ2) is 4.13. The third-order valence-electron chi connectivity index (χ3n) is 2.43. The number of anilines is 1. The monoisotopic (exact) mass is 193 g/mol. The van der Waals surface area contributed by atoms with Gasteiger partial charge in [-0.15, -0.1) is 0 Å². The number of carboxylic acids is 1. The number of carbonyl (C=O) groups is 1. The topological polar surface area (TPSA) is 63.3 Å². The molecule has 1 unspecified atom stereocenters. The minimum Gasteiger partial charge on any atom is -0.481 e. The number of hydrogen-bond acceptors (Lipinski definition) is 2. The van der Waals surface area contributed by atoms with Crippen LogP contribution in [0.15, 0.2) is 18.2 Å². The fourth-order valence-electron chi connectivity index (χ4n) is 1.58. The summed E-state index contributed by atoms with van der Waals surface area (Å²) in [6.07, 6.45) is 0.143. The Morgan fingerprint density at radius 2 is 2.21 bits per heavy atom. The number of hydrogen-bond donors (Lipinski definition) is 2. The Hall–Kier alpha value is -1.51. The predicted molar refractivity (Wildman–Crippen MR) is 56.3 cm³/mol. The average molecular weight is 193 g/mol. The highest BCUT2D eigenvalue weighted by atomic mass is 16.4. The van der Waals surface area contributed by atoms with Gasteiger partial charge in [0.2, 0.25) is 0 Å². The van der Waals surface area contributed by atoms with Crippen molar-refractivity contribution in [1.29, 1.82) is 0 Å². The first-order chi connectivity index (χ1) is 6.52. The molecular formula is C11H15NO2. The number of rotatable bonds is 3. The van der Waals surface area contributed by atoms with Crippen LogP contribution >= 0.6 is 0 Å². The van der Waals surface area contributed by atoms with E-state index in [2.05, 4.69) is 0 Å². The van der Waals surface area contributed by atoms with Gasteiger partial charge < -0.3 is 10.8 Å². The number of aliphatic carboxylic acids is 1. The molecular weight excluding hydrogens is 178 g/mol. The number of nitrogens with two attached hydrogens (primary N) is 1. The molecule has 0 fully saturated rings. The molecule has 1 rings (SSSR count). The molecule has 0 spiro atoms. The van der Waals surface area contributed by atoms with Crippen molar-refractivity contribution >= 4 is 11.7 Å². The summed E-state index contributed by atoms with van der Waals surface area (Å²) < 4.78 is 0. The van der Waals surface area contributed by atoms with Gasteiger partial charge in [0.15, 0.2) is 0 Å². The highest BCUT2D eigenvalue weighted by Crippen LogP contribution is 2.25. The van der Waals surface area contributed by atoms with Crippen LogP contribution in [0, 0.1) is 6.92 Å².